The van der Waals surface area contributed by atoms with Gasteiger partial charge in [-0.1, -0.05) is 32.1 Å². The lowest BCUT2D eigenvalue weighted by atomic mass is 9.89. The van der Waals surface area contributed by atoms with Gasteiger partial charge in [0.05, 0.1) is 5.56 Å². The Morgan fingerprint density at radius 1 is 1.31 bits per heavy atom. The summed E-state index contributed by atoms with van der Waals surface area (Å²) in [6.07, 6.45) is -1.31. The summed E-state index contributed by atoms with van der Waals surface area (Å²) >= 11 is -0.760. The molecule has 4 N–H and O–H groups in total. The zero-order chi connectivity index (χ0) is 19.6. The number of hydrogen-bond acceptors (Lipinski definition) is 5. The Labute approximate surface area is 157 Å². The maximum absolute atomic E-state index is 13.0. The first kappa shape index (κ1) is 20.4. The maximum atomic E-state index is 13.0. The van der Waals surface area contributed by atoms with E-state index in [-0.39, 0.29) is 14.8 Å². The zero-order valence-electron chi connectivity index (χ0n) is 14.4. The van der Waals surface area contributed by atoms with E-state index in [1.54, 1.807) is 20.8 Å². The van der Waals surface area contributed by atoms with Gasteiger partial charge in [-0.3, -0.25) is 9.59 Å². The molecule has 0 radical (unpaired) electrons. The summed E-state index contributed by atoms with van der Waals surface area (Å²) in [5.74, 6) is -1.95. The predicted octanol–water partition coefficient (Wildman–Crippen LogP) is 2.50. The smallest absolute Gasteiger partial charge is 0.254 e. The van der Waals surface area contributed by atoms with Gasteiger partial charge in [-0.05, 0) is 29.7 Å². The largest absolute Gasteiger partial charge is 0.606 e. The molecule has 0 aliphatic rings. The molecule has 26 heavy (non-hydrogen) atoms. The van der Waals surface area contributed by atoms with Crippen molar-refractivity contribution in [2.24, 2.45) is 11.1 Å². The molecule has 1 aromatic heterocycles. The number of nitrogens with one attached hydrogen (secondary N) is 1. The number of aliphatic hydroxyl groups is 1. The Balaban J connectivity index is 2.32. The highest BCUT2D eigenvalue weighted by atomic mass is 32.2. The number of anilines is 1. The first-order valence-electron chi connectivity index (χ1n) is 7.60. The summed E-state index contributed by atoms with van der Waals surface area (Å²) in [7, 11) is 0. The summed E-state index contributed by atoms with van der Waals surface area (Å²) in [5, 5.41) is 12.6. The normalized spacial score (nSPS) is 13.9. The lowest BCUT2D eigenvalue weighted by Gasteiger charge is -2.24. The van der Waals surface area contributed by atoms with Gasteiger partial charge in [-0.15, -0.1) is 0 Å². The average molecular weight is 398 g/mol. The summed E-state index contributed by atoms with van der Waals surface area (Å²) in [5.41, 5.74) is 4.62. The second-order valence-electron chi connectivity index (χ2n) is 6.65. The Bertz CT molecular complexity index is 815. The molecule has 9 heteroatoms. The van der Waals surface area contributed by atoms with Crippen molar-refractivity contribution in [2.75, 3.05) is 5.32 Å². The number of amides is 2. The second kappa shape index (κ2) is 7.75. The molecule has 0 fully saturated rings. The van der Waals surface area contributed by atoms with Gasteiger partial charge in [0.2, 0.25) is 4.21 Å². The molecule has 0 saturated carbocycles. The first-order valence-corrected chi connectivity index (χ1v) is 9.57. The van der Waals surface area contributed by atoms with E-state index in [4.69, 9.17) is 5.73 Å². The van der Waals surface area contributed by atoms with Gasteiger partial charge in [0.25, 0.3) is 11.8 Å². The van der Waals surface area contributed by atoms with Gasteiger partial charge in [0, 0.05) is 17.2 Å². The van der Waals surface area contributed by atoms with Crippen LogP contribution in [0.2, 0.25) is 0 Å². The molecule has 0 spiro atoms. The number of primary amides is 1. The van der Waals surface area contributed by atoms with Crippen molar-refractivity contribution in [1.29, 1.82) is 0 Å². The Hall–Kier alpha value is -1.94. The number of carbonyl (C=O) groups is 2. The molecular formula is C17H19FN2O4S2. The van der Waals surface area contributed by atoms with Crippen molar-refractivity contribution in [3.63, 3.8) is 0 Å². The molecule has 140 valence electrons. The highest BCUT2D eigenvalue weighted by Gasteiger charge is 2.31. The average Bonchev–Trinajstić information content (AvgIpc) is 2.97. The summed E-state index contributed by atoms with van der Waals surface area (Å²) < 4.78 is 25.9. The SMILES string of the molecule is CC(C)(C)C(O)C(=O)Nc1sc([S+]([O-])c2ccc(F)cc2)cc1C(N)=O. The summed E-state index contributed by atoms with van der Waals surface area (Å²) in [4.78, 5) is 24.2. The van der Waals surface area contributed by atoms with Crippen LogP contribution in [0.3, 0.4) is 0 Å². The second-order valence-corrected chi connectivity index (χ2v) is 9.41. The van der Waals surface area contributed by atoms with Gasteiger partial charge in [0.1, 0.15) is 16.9 Å². The standard InChI is InChI=1S/C17H19FN2O4S2/c1-17(2,3)13(21)15(23)20-16-11(14(19)22)8-12(25-16)26(24)10-6-4-9(18)5-7-10/h4-8,13,21H,1-3H3,(H2,19,22)(H,20,23). The molecule has 2 aromatic rings. The van der Waals surface area contributed by atoms with E-state index in [0.29, 0.717) is 4.90 Å². The third-order valence-electron chi connectivity index (χ3n) is 3.49. The Kier molecular flexibility index (Phi) is 6.07. The van der Waals surface area contributed by atoms with Gasteiger partial charge in [-0.25, -0.2) is 4.39 Å². The number of halogens is 1. The van der Waals surface area contributed by atoms with Crippen LogP contribution in [0.25, 0.3) is 0 Å². The lowest BCUT2D eigenvalue weighted by molar-refractivity contribution is -0.129. The van der Waals surface area contributed by atoms with Crippen LogP contribution in [0.1, 0.15) is 31.1 Å². The van der Waals surface area contributed by atoms with Gasteiger partial charge in [0.15, 0.2) is 4.90 Å². The molecule has 2 rings (SSSR count). The van der Waals surface area contributed by atoms with Crippen molar-refractivity contribution >= 4 is 39.3 Å². The Morgan fingerprint density at radius 3 is 2.38 bits per heavy atom. The van der Waals surface area contributed by atoms with E-state index in [2.05, 4.69) is 5.32 Å². The van der Waals surface area contributed by atoms with Crippen LogP contribution in [0.4, 0.5) is 9.39 Å². The quantitative estimate of drug-likeness (QED) is 0.671. The summed E-state index contributed by atoms with van der Waals surface area (Å²) in [6, 6.07) is 6.43. The molecule has 1 aromatic carbocycles. The number of carbonyl (C=O) groups excluding carboxylic acids is 2. The van der Waals surface area contributed by atoms with E-state index in [1.165, 1.54) is 30.3 Å². The molecule has 0 bridgehead atoms. The predicted molar refractivity (Wildman–Crippen MR) is 98.0 cm³/mol. The van der Waals surface area contributed by atoms with Crippen molar-refractivity contribution in [3.05, 3.63) is 41.7 Å². The minimum Gasteiger partial charge on any atom is -0.606 e. The fourth-order valence-corrected chi connectivity index (χ4v) is 4.46. The fourth-order valence-electron chi connectivity index (χ4n) is 1.98. The summed E-state index contributed by atoms with van der Waals surface area (Å²) in [6.45, 7) is 5.07. The van der Waals surface area contributed by atoms with E-state index in [0.717, 1.165) is 11.3 Å². The van der Waals surface area contributed by atoms with Gasteiger partial charge < -0.3 is 20.7 Å². The van der Waals surface area contributed by atoms with Crippen molar-refractivity contribution in [1.82, 2.24) is 0 Å². The van der Waals surface area contributed by atoms with E-state index < -0.39 is 40.3 Å². The number of benzene rings is 1. The van der Waals surface area contributed by atoms with Gasteiger partial charge >= 0.3 is 0 Å². The molecule has 0 aliphatic heterocycles. The number of aliphatic hydroxyl groups excluding tert-OH is 1. The van der Waals surface area contributed by atoms with Crippen LogP contribution in [0, 0.1) is 11.2 Å². The number of thiophene rings is 1. The Morgan fingerprint density at radius 2 is 1.88 bits per heavy atom. The van der Waals surface area contributed by atoms with Crippen LogP contribution in [-0.2, 0) is 16.0 Å². The molecule has 0 aliphatic carbocycles. The van der Waals surface area contributed by atoms with Crippen molar-refractivity contribution < 1.29 is 23.6 Å². The molecule has 2 unspecified atom stereocenters. The topological polar surface area (TPSA) is 115 Å². The lowest BCUT2D eigenvalue weighted by Crippen LogP contribution is -2.38. The van der Waals surface area contributed by atoms with E-state index in [1.807, 2.05) is 0 Å². The number of hydrogen-bond donors (Lipinski definition) is 3. The van der Waals surface area contributed by atoms with Crippen LogP contribution in [-0.4, -0.2) is 27.6 Å². The first-order chi connectivity index (χ1) is 12.0. The van der Waals surface area contributed by atoms with Crippen molar-refractivity contribution in [2.45, 2.75) is 36.0 Å². The zero-order valence-corrected chi connectivity index (χ0v) is 16.0. The van der Waals surface area contributed by atoms with Crippen LogP contribution in [0.5, 0.6) is 0 Å². The third-order valence-corrected chi connectivity index (χ3v) is 6.22. The third kappa shape index (κ3) is 4.61. The van der Waals surface area contributed by atoms with E-state index in [9.17, 15) is 23.6 Å². The minimum absolute atomic E-state index is 0.00470. The number of nitrogens with two attached hydrogens (primary N) is 1. The molecule has 6 nitrogen and oxygen atoms in total. The molecule has 0 saturated heterocycles. The van der Waals surface area contributed by atoms with E-state index >= 15 is 0 Å². The molecule has 2 amide bonds. The van der Waals surface area contributed by atoms with Crippen LogP contribution < -0.4 is 11.1 Å². The molecule has 2 atom stereocenters. The highest BCUT2D eigenvalue weighted by molar-refractivity contribution is 7.93. The van der Waals surface area contributed by atoms with Gasteiger partial charge in [-0.2, -0.15) is 0 Å². The molecule has 1 heterocycles. The minimum atomic E-state index is -1.67. The van der Waals surface area contributed by atoms with Crippen LogP contribution in [0.15, 0.2) is 39.4 Å². The van der Waals surface area contributed by atoms with Crippen molar-refractivity contribution in [3.8, 4) is 0 Å². The van der Waals surface area contributed by atoms with Crippen LogP contribution >= 0.6 is 11.3 Å². The molecular weight excluding hydrogens is 379 g/mol. The highest BCUT2D eigenvalue weighted by Crippen LogP contribution is 2.35. The maximum Gasteiger partial charge on any atom is 0.254 e. The fraction of sp³-hybridized carbons (Fsp3) is 0.294. The number of rotatable bonds is 5. The monoisotopic (exact) mass is 398 g/mol.